The maximum Gasteiger partial charge on any atom is 0.319 e. The Bertz CT molecular complexity index is 609. The minimum atomic E-state index is -0.141. The van der Waals surface area contributed by atoms with E-state index in [-0.39, 0.29) is 12.1 Å². The number of pyridine rings is 1. The summed E-state index contributed by atoms with van der Waals surface area (Å²) in [5.41, 5.74) is 2.10. The zero-order valence-electron chi connectivity index (χ0n) is 13.1. The minimum Gasteiger partial charge on any atom is -0.335 e. The predicted octanol–water partition coefficient (Wildman–Crippen LogP) is 2.87. The molecule has 1 aliphatic rings. The first-order chi connectivity index (χ1) is 11.3. The number of piperidine rings is 1. The lowest BCUT2D eigenvalue weighted by Crippen LogP contribution is -2.45. The van der Waals surface area contributed by atoms with Crippen LogP contribution < -0.4 is 10.6 Å². The van der Waals surface area contributed by atoms with Crippen molar-refractivity contribution in [2.75, 3.05) is 18.4 Å². The second-order valence-corrected chi connectivity index (χ2v) is 5.87. The molecule has 1 saturated heterocycles. The van der Waals surface area contributed by atoms with Gasteiger partial charge in [-0.1, -0.05) is 30.3 Å². The zero-order chi connectivity index (χ0) is 15.9. The van der Waals surface area contributed by atoms with Gasteiger partial charge in [-0.3, -0.25) is 9.88 Å². The maximum absolute atomic E-state index is 12.0. The van der Waals surface area contributed by atoms with E-state index in [4.69, 9.17) is 0 Å². The number of urea groups is 1. The van der Waals surface area contributed by atoms with Gasteiger partial charge in [-0.2, -0.15) is 0 Å². The lowest BCUT2D eigenvalue weighted by atomic mass is 10.0. The highest BCUT2D eigenvalue weighted by Crippen LogP contribution is 2.14. The molecule has 120 valence electrons. The number of benzene rings is 1. The molecule has 0 unspecified atom stereocenters. The Labute approximate surface area is 136 Å². The number of carbonyl (C=O) groups excluding carboxylic acids is 1. The number of aromatic nitrogens is 1. The van der Waals surface area contributed by atoms with Crippen molar-refractivity contribution in [3.8, 4) is 0 Å². The van der Waals surface area contributed by atoms with Gasteiger partial charge in [0.15, 0.2) is 0 Å². The van der Waals surface area contributed by atoms with Crippen LogP contribution in [0.1, 0.15) is 18.4 Å². The fourth-order valence-electron chi connectivity index (χ4n) is 2.86. The van der Waals surface area contributed by atoms with E-state index in [0.717, 1.165) is 38.2 Å². The van der Waals surface area contributed by atoms with Crippen molar-refractivity contribution < 1.29 is 4.79 Å². The molecular formula is C18H22N4O. The van der Waals surface area contributed by atoms with E-state index in [1.165, 1.54) is 5.56 Å². The van der Waals surface area contributed by atoms with Crippen LogP contribution >= 0.6 is 0 Å². The fourth-order valence-corrected chi connectivity index (χ4v) is 2.86. The summed E-state index contributed by atoms with van der Waals surface area (Å²) in [6, 6.07) is 14.2. The van der Waals surface area contributed by atoms with Crippen molar-refractivity contribution in [3.63, 3.8) is 0 Å². The Morgan fingerprint density at radius 2 is 1.78 bits per heavy atom. The van der Waals surface area contributed by atoms with Crippen molar-refractivity contribution in [1.29, 1.82) is 0 Å². The number of nitrogens with zero attached hydrogens (tertiary/aromatic N) is 2. The van der Waals surface area contributed by atoms with Crippen LogP contribution in [0.2, 0.25) is 0 Å². The lowest BCUT2D eigenvalue weighted by Gasteiger charge is -2.32. The Balaban J connectivity index is 1.41. The maximum atomic E-state index is 12.0. The standard InChI is InChI=1S/C18H22N4O/c23-18(20-16-6-10-19-11-7-16)21-17-8-12-22(13-9-17)14-15-4-2-1-3-5-15/h1-7,10-11,17H,8-9,12-14H2,(H2,19,20,21,23). The molecule has 2 heterocycles. The van der Waals surface area contributed by atoms with Gasteiger partial charge < -0.3 is 10.6 Å². The van der Waals surface area contributed by atoms with Crippen LogP contribution in [0.25, 0.3) is 0 Å². The van der Waals surface area contributed by atoms with Crippen LogP contribution in [0.4, 0.5) is 10.5 Å². The first-order valence-electron chi connectivity index (χ1n) is 8.03. The molecule has 0 saturated carbocycles. The van der Waals surface area contributed by atoms with E-state index in [9.17, 15) is 4.79 Å². The summed E-state index contributed by atoms with van der Waals surface area (Å²) in [5.74, 6) is 0. The normalized spacial score (nSPS) is 16.0. The summed E-state index contributed by atoms with van der Waals surface area (Å²) in [6.07, 6.45) is 5.29. The van der Waals surface area contributed by atoms with Crippen LogP contribution in [-0.4, -0.2) is 35.0 Å². The molecule has 5 nitrogen and oxygen atoms in total. The van der Waals surface area contributed by atoms with Crippen LogP contribution in [-0.2, 0) is 6.54 Å². The first kappa shape index (κ1) is 15.5. The van der Waals surface area contributed by atoms with Crippen LogP contribution in [0, 0.1) is 0 Å². The fraction of sp³-hybridized carbons (Fsp3) is 0.333. The largest absolute Gasteiger partial charge is 0.335 e. The molecule has 1 aromatic heterocycles. The lowest BCUT2D eigenvalue weighted by molar-refractivity contribution is 0.190. The van der Waals surface area contributed by atoms with Gasteiger partial charge in [-0.05, 0) is 30.5 Å². The third-order valence-corrected chi connectivity index (χ3v) is 4.11. The topological polar surface area (TPSA) is 57.3 Å². The second kappa shape index (κ2) is 7.74. The molecule has 0 atom stereocenters. The van der Waals surface area contributed by atoms with E-state index in [0.29, 0.717) is 0 Å². The molecule has 0 bridgehead atoms. The minimum absolute atomic E-state index is 0.141. The molecule has 23 heavy (non-hydrogen) atoms. The Kier molecular flexibility index (Phi) is 5.21. The molecule has 0 radical (unpaired) electrons. The van der Waals surface area contributed by atoms with Gasteiger partial charge in [-0.15, -0.1) is 0 Å². The highest BCUT2D eigenvalue weighted by Gasteiger charge is 2.20. The van der Waals surface area contributed by atoms with Crippen LogP contribution in [0.3, 0.4) is 0 Å². The van der Waals surface area contributed by atoms with Crippen LogP contribution in [0.15, 0.2) is 54.9 Å². The van der Waals surface area contributed by atoms with Crippen molar-refractivity contribution in [2.24, 2.45) is 0 Å². The second-order valence-electron chi connectivity index (χ2n) is 5.87. The van der Waals surface area contributed by atoms with Gasteiger partial charge in [-0.25, -0.2) is 4.79 Å². The summed E-state index contributed by atoms with van der Waals surface area (Å²) in [5, 5.41) is 5.89. The van der Waals surface area contributed by atoms with Gasteiger partial charge in [0.1, 0.15) is 0 Å². The number of rotatable bonds is 4. The molecule has 1 aliphatic heterocycles. The molecular weight excluding hydrogens is 288 g/mol. The van der Waals surface area contributed by atoms with E-state index in [1.807, 2.05) is 6.07 Å². The number of carbonyl (C=O) groups is 1. The SMILES string of the molecule is O=C(Nc1ccncc1)NC1CCN(Cc2ccccc2)CC1. The Morgan fingerprint density at radius 1 is 1.09 bits per heavy atom. The third-order valence-electron chi connectivity index (χ3n) is 4.11. The first-order valence-corrected chi connectivity index (χ1v) is 8.03. The molecule has 2 N–H and O–H groups in total. The quantitative estimate of drug-likeness (QED) is 0.913. The van der Waals surface area contributed by atoms with Gasteiger partial charge in [0, 0.05) is 43.8 Å². The number of hydrogen-bond donors (Lipinski definition) is 2. The molecule has 0 aliphatic carbocycles. The van der Waals surface area contributed by atoms with Gasteiger partial charge >= 0.3 is 6.03 Å². The average molecular weight is 310 g/mol. The Morgan fingerprint density at radius 3 is 2.48 bits per heavy atom. The molecule has 1 aromatic carbocycles. The number of hydrogen-bond acceptors (Lipinski definition) is 3. The average Bonchev–Trinajstić information content (AvgIpc) is 2.58. The van der Waals surface area contributed by atoms with E-state index < -0.39 is 0 Å². The smallest absolute Gasteiger partial charge is 0.319 e. The van der Waals surface area contributed by atoms with Crippen molar-refractivity contribution in [2.45, 2.75) is 25.4 Å². The molecule has 0 spiro atoms. The number of amides is 2. The van der Waals surface area contributed by atoms with E-state index in [1.54, 1.807) is 24.5 Å². The Hall–Kier alpha value is -2.40. The van der Waals surface area contributed by atoms with Crippen molar-refractivity contribution in [1.82, 2.24) is 15.2 Å². The van der Waals surface area contributed by atoms with E-state index in [2.05, 4.69) is 44.8 Å². The summed E-state index contributed by atoms with van der Waals surface area (Å²) in [4.78, 5) is 18.4. The highest BCUT2D eigenvalue weighted by atomic mass is 16.2. The summed E-state index contributed by atoms with van der Waals surface area (Å²) in [6.45, 7) is 3.00. The van der Waals surface area contributed by atoms with Gasteiger partial charge in [0.05, 0.1) is 0 Å². The number of likely N-dealkylation sites (tertiary alicyclic amines) is 1. The van der Waals surface area contributed by atoms with Crippen LogP contribution in [0.5, 0.6) is 0 Å². The molecule has 5 heteroatoms. The highest BCUT2D eigenvalue weighted by molar-refractivity contribution is 5.89. The zero-order valence-corrected chi connectivity index (χ0v) is 13.1. The molecule has 2 aromatic rings. The van der Waals surface area contributed by atoms with Gasteiger partial charge in [0.2, 0.25) is 0 Å². The number of nitrogens with one attached hydrogen (secondary N) is 2. The van der Waals surface area contributed by atoms with Crippen molar-refractivity contribution >= 4 is 11.7 Å². The number of anilines is 1. The molecule has 2 amide bonds. The summed E-state index contributed by atoms with van der Waals surface area (Å²) in [7, 11) is 0. The van der Waals surface area contributed by atoms with Crippen molar-refractivity contribution in [3.05, 3.63) is 60.4 Å². The van der Waals surface area contributed by atoms with Gasteiger partial charge in [0.25, 0.3) is 0 Å². The summed E-state index contributed by atoms with van der Waals surface area (Å²) >= 11 is 0. The third kappa shape index (κ3) is 4.79. The summed E-state index contributed by atoms with van der Waals surface area (Å²) < 4.78 is 0. The molecule has 1 fully saturated rings. The monoisotopic (exact) mass is 310 g/mol. The van der Waals surface area contributed by atoms with E-state index >= 15 is 0 Å². The predicted molar refractivity (Wildman–Crippen MR) is 91.1 cm³/mol. The molecule has 3 rings (SSSR count).